The Hall–Kier alpha value is -0.620. The molecule has 0 saturated carbocycles. The van der Waals surface area contributed by atoms with Crippen LogP contribution in [0.2, 0.25) is 5.02 Å². The van der Waals surface area contributed by atoms with E-state index in [0.29, 0.717) is 11.1 Å². The molecule has 0 aliphatic carbocycles. The van der Waals surface area contributed by atoms with Crippen LogP contribution in [0, 0.1) is 0 Å². The van der Waals surface area contributed by atoms with Crippen LogP contribution in [0.4, 0.5) is 13.2 Å². The summed E-state index contributed by atoms with van der Waals surface area (Å²) in [7, 11) is 1.40. The number of halogens is 5. The lowest BCUT2D eigenvalue weighted by atomic mass is 10.2. The molecule has 0 aromatic heterocycles. The van der Waals surface area contributed by atoms with Crippen LogP contribution in [0.1, 0.15) is 12.0 Å². The van der Waals surface area contributed by atoms with E-state index >= 15 is 0 Å². The number of hydrogen-bond acceptors (Lipinski definition) is 2. The van der Waals surface area contributed by atoms with Crippen LogP contribution in [0.3, 0.4) is 0 Å². The van der Waals surface area contributed by atoms with Crippen molar-refractivity contribution >= 4 is 27.5 Å². The molecule has 0 heterocycles. The highest BCUT2D eigenvalue weighted by Gasteiger charge is 2.27. The van der Waals surface area contributed by atoms with E-state index in [-0.39, 0.29) is 10.8 Å². The predicted molar refractivity (Wildman–Crippen MR) is 66.8 cm³/mol. The van der Waals surface area contributed by atoms with Gasteiger partial charge < -0.3 is 9.47 Å². The first-order valence-corrected chi connectivity index (χ1v) is 6.49. The quantitative estimate of drug-likeness (QED) is 0.726. The molecular weight excluding hydrogens is 336 g/mol. The third-order valence-electron chi connectivity index (χ3n) is 2.08. The standard InChI is InChI=1S/C11H11BrClF3O2/c1-17-9-5-7(6-12)4-8(13)10(9)18-3-2-11(14,15)16/h4-5H,2-3,6H2,1H3. The minimum absolute atomic E-state index is 0.133. The number of ether oxygens (including phenoxy) is 2. The number of methoxy groups -OCH3 is 1. The van der Waals surface area contributed by atoms with Gasteiger partial charge >= 0.3 is 6.18 Å². The third kappa shape index (κ3) is 4.57. The van der Waals surface area contributed by atoms with Crippen LogP contribution in [0.5, 0.6) is 11.5 Å². The van der Waals surface area contributed by atoms with Gasteiger partial charge in [-0.15, -0.1) is 0 Å². The minimum atomic E-state index is -4.25. The summed E-state index contributed by atoms with van der Waals surface area (Å²) in [5.74, 6) is 0.451. The Balaban J connectivity index is 2.81. The number of hydrogen-bond donors (Lipinski definition) is 0. The Bertz CT molecular complexity index is 410. The molecule has 0 spiro atoms. The largest absolute Gasteiger partial charge is 0.493 e. The van der Waals surface area contributed by atoms with Gasteiger partial charge in [0.05, 0.1) is 25.2 Å². The van der Waals surface area contributed by atoms with Gasteiger partial charge in [0, 0.05) is 5.33 Å². The topological polar surface area (TPSA) is 18.5 Å². The summed E-state index contributed by atoms with van der Waals surface area (Å²) in [5.41, 5.74) is 0.847. The maximum Gasteiger partial charge on any atom is 0.392 e. The molecule has 0 aliphatic heterocycles. The van der Waals surface area contributed by atoms with Crippen molar-refractivity contribution in [2.24, 2.45) is 0 Å². The zero-order valence-corrected chi connectivity index (χ0v) is 11.8. The van der Waals surface area contributed by atoms with Crippen molar-refractivity contribution in [3.05, 3.63) is 22.7 Å². The van der Waals surface area contributed by atoms with Crippen molar-refractivity contribution in [2.75, 3.05) is 13.7 Å². The average molecular weight is 348 g/mol. The average Bonchev–Trinajstić information content (AvgIpc) is 2.29. The van der Waals surface area contributed by atoms with Gasteiger partial charge in [-0.25, -0.2) is 0 Å². The van der Waals surface area contributed by atoms with Crippen LogP contribution in [0.15, 0.2) is 12.1 Å². The highest BCUT2D eigenvalue weighted by molar-refractivity contribution is 9.08. The summed E-state index contributed by atoms with van der Waals surface area (Å²) in [6.45, 7) is -0.493. The van der Waals surface area contributed by atoms with Crippen LogP contribution in [0.25, 0.3) is 0 Å². The van der Waals surface area contributed by atoms with E-state index in [4.69, 9.17) is 21.1 Å². The third-order valence-corrected chi connectivity index (χ3v) is 3.00. The smallest absolute Gasteiger partial charge is 0.392 e. The molecule has 102 valence electrons. The summed E-state index contributed by atoms with van der Waals surface area (Å²) in [5, 5.41) is 0.789. The molecule has 0 aliphatic rings. The fraction of sp³-hybridized carbons (Fsp3) is 0.455. The first-order valence-electron chi connectivity index (χ1n) is 4.99. The van der Waals surface area contributed by atoms with Gasteiger partial charge in [-0.3, -0.25) is 0 Å². The molecule has 2 nitrogen and oxygen atoms in total. The fourth-order valence-electron chi connectivity index (χ4n) is 1.26. The molecule has 1 rings (SSSR count). The van der Waals surface area contributed by atoms with Gasteiger partial charge in [0.2, 0.25) is 0 Å². The van der Waals surface area contributed by atoms with E-state index < -0.39 is 19.2 Å². The first kappa shape index (κ1) is 15.4. The van der Waals surface area contributed by atoms with Gasteiger partial charge in [-0.1, -0.05) is 27.5 Å². The molecule has 0 radical (unpaired) electrons. The fourth-order valence-corrected chi connectivity index (χ4v) is 1.87. The van der Waals surface area contributed by atoms with Crippen molar-refractivity contribution < 1.29 is 22.6 Å². The van der Waals surface area contributed by atoms with E-state index in [1.807, 2.05) is 0 Å². The summed E-state index contributed by atoms with van der Waals surface area (Å²) in [4.78, 5) is 0. The molecule has 0 unspecified atom stereocenters. The van der Waals surface area contributed by atoms with E-state index in [9.17, 15) is 13.2 Å². The zero-order chi connectivity index (χ0) is 13.8. The monoisotopic (exact) mass is 346 g/mol. The Morgan fingerprint density at radius 1 is 1.33 bits per heavy atom. The Morgan fingerprint density at radius 2 is 2.00 bits per heavy atom. The lowest BCUT2D eigenvalue weighted by Crippen LogP contribution is -2.13. The molecule has 0 bridgehead atoms. The maximum atomic E-state index is 12.0. The molecule has 0 N–H and O–H groups in total. The molecule has 0 fully saturated rings. The molecule has 7 heteroatoms. The molecule has 18 heavy (non-hydrogen) atoms. The Labute approximate surface area is 116 Å². The maximum absolute atomic E-state index is 12.0. The number of rotatable bonds is 5. The number of alkyl halides is 4. The lowest BCUT2D eigenvalue weighted by molar-refractivity contribution is -0.139. The molecular formula is C11H11BrClF3O2. The van der Waals surface area contributed by atoms with Gasteiger partial charge in [-0.2, -0.15) is 13.2 Å². The van der Waals surface area contributed by atoms with Crippen LogP contribution >= 0.6 is 27.5 Å². The second kappa shape index (κ2) is 6.52. The molecule has 1 aromatic rings. The van der Waals surface area contributed by atoms with Gasteiger partial charge in [0.25, 0.3) is 0 Å². The summed E-state index contributed by atoms with van der Waals surface area (Å²) < 4.78 is 46.1. The Kier molecular flexibility index (Phi) is 5.59. The van der Waals surface area contributed by atoms with Crippen molar-refractivity contribution in [3.63, 3.8) is 0 Å². The SMILES string of the molecule is COc1cc(CBr)cc(Cl)c1OCCC(F)(F)F. The van der Waals surface area contributed by atoms with E-state index in [1.54, 1.807) is 12.1 Å². The van der Waals surface area contributed by atoms with Crippen molar-refractivity contribution in [3.8, 4) is 11.5 Å². The zero-order valence-electron chi connectivity index (χ0n) is 9.48. The van der Waals surface area contributed by atoms with Crippen LogP contribution < -0.4 is 9.47 Å². The molecule has 1 aromatic carbocycles. The second-order valence-electron chi connectivity index (χ2n) is 3.46. The van der Waals surface area contributed by atoms with Gasteiger partial charge in [-0.05, 0) is 17.7 Å². The summed E-state index contributed by atoms with van der Waals surface area (Å²) >= 11 is 9.19. The normalized spacial score (nSPS) is 11.4. The second-order valence-corrected chi connectivity index (χ2v) is 4.42. The summed E-state index contributed by atoms with van der Waals surface area (Å²) in [6, 6.07) is 3.27. The van der Waals surface area contributed by atoms with E-state index in [2.05, 4.69) is 15.9 Å². The molecule has 0 atom stereocenters. The van der Waals surface area contributed by atoms with Gasteiger partial charge in [0.15, 0.2) is 11.5 Å². The van der Waals surface area contributed by atoms with Crippen LogP contribution in [-0.4, -0.2) is 19.9 Å². The minimum Gasteiger partial charge on any atom is -0.493 e. The van der Waals surface area contributed by atoms with Crippen molar-refractivity contribution in [1.29, 1.82) is 0 Å². The van der Waals surface area contributed by atoms with Crippen molar-refractivity contribution in [2.45, 2.75) is 17.9 Å². The molecule has 0 amide bonds. The first-order chi connectivity index (χ1) is 8.37. The Morgan fingerprint density at radius 3 is 2.50 bits per heavy atom. The lowest BCUT2D eigenvalue weighted by Gasteiger charge is -2.14. The van der Waals surface area contributed by atoms with E-state index in [0.717, 1.165) is 5.56 Å². The summed E-state index contributed by atoms with van der Waals surface area (Å²) in [6.07, 6.45) is -5.29. The number of benzene rings is 1. The van der Waals surface area contributed by atoms with Crippen molar-refractivity contribution in [1.82, 2.24) is 0 Å². The highest BCUT2D eigenvalue weighted by Crippen LogP contribution is 2.37. The van der Waals surface area contributed by atoms with E-state index in [1.165, 1.54) is 7.11 Å². The van der Waals surface area contributed by atoms with Crippen LogP contribution in [-0.2, 0) is 5.33 Å². The van der Waals surface area contributed by atoms with Gasteiger partial charge in [0.1, 0.15) is 0 Å². The molecule has 0 saturated heterocycles. The predicted octanol–water partition coefficient (Wildman–Crippen LogP) is 4.57. The highest BCUT2D eigenvalue weighted by atomic mass is 79.9.